The van der Waals surface area contributed by atoms with Gasteiger partial charge in [0.15, 0.2) is 11.5 Å². The number of aromatic carboxylic acids is 1. The maximum Gasteiger partial charge on any atom is 0.335 e. The van der Waals surface area contributed by atoms with Crippen LogP contribution in [0.5, 0.6) is 11.5 Å². The van der Waals surface area contributed by atoms with Gasteiger partial charge in [0, 0.05) is 35.1 Å². The van der Waals surface area contributed by atoms with Crippen LogP contribution >= 0.6 is 0 Å². The molecule has 1 amide bonds. The number of hydrogen-bond acceptors (Lipinski definition) is 5. The van der Waals surface area contributed by atoms with E-state index in [-0.39, 0.29) is 23.7 Å². The molecule has 1 saturated carbocycles. The molecule has 216 valence electrons. The molecule has 6 rings (SSSR count). The number of carbonyl (C=O) groups is 2. The molecule has 8 nitrogen and oxygen atoms in total. The molecule has 2 aromatic carbocycles. The van der Waals surface area contributed by atoms with Crippen molar-refractivity contribution in [3.8, 4) is 22.8 Å². The number of carboxylic acids is 1. The first-order valence-corrected chi connectivity index (χ1v) is 14.6. The Balaban J connectivity index is 1.62. The van der Waals surface area contributed by atoms with Crippen molar-refractivity contribution in [1.82, 2.24) is 9.47 Å². The van der Waals surface area contributed by atoms with E-state index in [4.69, 9.17) is 14.2 Å². The summed E-state index contributed by atoms with van der Waals surface area (Å²) in [5.74, 6) is 0.557. The second kappa shape index (κ2) is 10.9. The van der Waals surface area contributed by atoms with Crippen LogP contribution in [0.15, 0.2) is 35.9 Å². The van der Waals surface area contributed by atoms with E-state index in [0.717, 1.165) is 53.4 Å². The van der Waals surface area contributed by atoms with Gasteiger partial charge < -0.3 is 28.8 Å². The van der Waals surface area contributed by atoms with Crippen molar-refractivity contribution in [2.24, 2.45) is 0 Å². The van der Waals surface area contributed by atoms with Crippen LogP contribution in [0, 0.1) is 0 Å². The van der Waals surface area contributed by atoms with Crippen molar-refractivity contribution in [1.29, 1.82) is 0 Å². The van der Waals surface area contributed by atoms with Crippen LogP contribution in [-0.2, 0) is 16.1 Å². The zero-order valence-corrected chi connectivity index (χ0v) is 24.2. The number of rotatable bonds is 5. The van der Waals surface area contributed by atoms with Crippen LogP contribution in [0.1, 0.15) is 73.4 Å². The van der Waals surface area contributed by atoms with E-state index in [9.17, 15) is 14.7 Å². The van der Waals surface area contributed by atoms with Crippen LogP contribution in [0.4, 0.5) is 0 Å². The zero-order chi connectivity index (χ0) is 28.8. The highest BCUT2D eigenvalue weighted by molar-refractivity contribution is 6.03. The van der Waals surface area contributed by atoms with Crippen LogP contribution in [0.2, 0.25) is 0 Å². The van der Waals surface area contributed by atoms with Gasteiger partial charge in [0.1, 0.15) is 0 Å². The molecule has 41 heavy (non-hydrogen) atoms. The fraction of sp³-hybridized carbons (Fsp3) is 0.455. The summed E-state index contributed by atoms with van der Waals surface area (Å²) in [4.78, 5) is 28.1. The highest BCUT2D eigenvalue weighted by atomic mass is 16.5. The lowest BCUT2D eigenvalue weighted by Gasteiger charge is -2.35. The predicted octanol–water partition coefficient (Wildman–Crippen LogP) is 6.10. The lowest BCUT2D eigenvalue weighted by molar-refractivity contribution is -0.139. The molecule has 0 bridgehead atoms. The largest absolute Gasteiger partial charge is 0.493 e. The average Bonchev–Trinajstić information content (AvgIpc) is 3.19. The van der Waals surface area contributed by atoms with Gasteiger partial charge in [-0.1, -0.05) is 25.3 Å². The minimum atomic E-state index is -0.967. The maximum absolute atomic E-state index is 14.2. The first kappa shape index (κ1) is 27.4. The third-order valence-corrected chi connectivity index (χ3v) is 8.81. The van der Waals surface area contributed by atoms with E-state index >= 15 is 0 Å². The number of fused-ring (bicyclic) bond motifs is 5. The quantitative estimate of drug-likeness (QED) is 0.407. The molecule has 0 spiro atoms. The molecule has 3 aromatic rings. The van der Waals surface area contributed by atoms with Crippen molar-refractivity contribution < 1.29 is 28.9 Å². The minimum Gasteiger partial charge on any atom is -0.493 e. The normalized spacial score (nSPS) is 21.1. The van der Waals surface area contributed by atoms with Gasteiger partial charge in [0.25, 0.3) is 5.91 Å². The number of methoxy groups -OCH3 is 2. The number of amides is 1. The third-order valence-electron chi connectivity index (χ3n) is 8.81. The average molecular weight is 559 g/mol. The topological polar surface area (TPSA) is 90.2 Å². The van der Waals surface area contributed by atoms with Gasteiger partial charge >= 0.3 is 5.97 Å². The summed E-state index contributed by atoms with van der Waals surface area (Å²) >= 11 is 0. The Morgan fingerprint density at radius 2 is 1.63 bits per heavy atom. The molecule has 1 N–H and O–H groups in total. The summed E-state index contributed by atoms with van der Waals surface area (Å²) in [6, 6.07) is 9.38. The monoisotopic (exact) mass is 558 g/mol. The van der Waals surface area contributed by atoms with Crippen molar-refractivity contribution in [2.75, 3.05) is 27.3 Å². The molecular formula is C33H38N2O6. The number of ether oxygens (including phenoxy) is 3. The molecule has 2 atom stereocenters. The van der Waals surface area contributed by atoms with Crippen molar-refractivity contribution >= 4 is 28.9 Å². The number of nitrogens with zero attached hydrogens (tertiary/aromatic N) is 2. The number of carboxylic acid groups (broad SMARTS) is 1. The lowest BCUT2D eigenvalue weighted by Crippen LogP contribution is -2.48. The molecular weight excluding hydrogens is 520 g/mol. The molecule has 2 fully saturated rings. The summed E-state index contributed by atoms with van der Waals surface area (Å²) in [5, 5.41) is 10.9. The molecule has 1 aromatic heterocycles. The highest BCUT2D eigenvalue weighted by Crippen LogP contribution is 2.48. The molecule has 1 saturated heterocycles. The Morgan fingerprint density at radius 3 is 2.29 bits per heavy atom. The Kier molecular flexibility index (Phi) is 7.28. The van der Waals surface area contributed by atoms with E-state index < -0.39 is 5.97 Å². The first-order valence-electron chi connectivity index (χ1n) is 14.6. The zero-order valence-electron chi connectivity index (χ0n) is 24.2. The van der Waals surface area contributed by atoms with Gasteiger partial charge in [0.2, 0.25) is 0 Å². The highest BCUT2D eigenvalue weighted by Gasteiger charge is 2.33. The second-order valence-electron chi connectivity index (χ2n) is 11.7. The van der Waals surface area contributed by atoms with Gasteiger partial charge in [-0.05, 0) is 74.1 Å². The molecule has 3 heterocycles. The first-order chi connectivity index (χ1) is 19.8. The molecule has 1 aliphatic carbocycles. The SMILES string of the molecule is COc1cc2c(cc1OC)-c1c(C3CCCCC3)c3ccc(C(=O)O)cc3n1CC(C(=O)N1C[C@@H](C)O[C@@H](C)C1)=C2. The fourth-order valence-corrected chi connectivity index (χ4v) is 7.07. The minimum absolute atomic E-state index is 0.0314. The number of aromatic nitrogens is 1. The van der Waals surface area contributed by atoms with Gasteiger partial charge in [-0.3, -0.25) is 4.79 Å². The van der Waals surface area contributed by atoms with Crippen molar-refractivity contribution in [3.63, 3.8) is 0 Å². The summed E-state index contributed by atoms with van der Waals surface area (Å²) in [7, 11) is 3.24. The van der Waals surface area contributed by atoms with Crippen LogP contribution in [0.25, 0.3) is 28.2 Å². The van der Waals surface area contributed by atoms with Gasteiger partial charge in [0.05, 0.1) is 44.2 Å². The van der Waals surface area contributed by atoms with E-state index in [0.29, 0.717) is 42.6 Å². The van der Waals surface area contributed by atoms with Crippen LogP contribution in [0.3, 0.4) is 0 Å². The molecule has 2 aliphatic heterocycles. The smallest absolute Gasteiger partial charge is 0.335 e. The Hall–Kier alpha value is -3.78. The number of hydrogen-bond donors (Lipinski definition) is 1. The summed E-state index contributed by atoms with van der Waals surface area (Å²) in [6.07, 6.45) is 7.60. The van der Waals surface area contributed by atoms with Crippen LogP contribution in [-0.4, -0.2) is 66.0 Å². The van der Waals surface area contributed by atoms with Crippen molar-refractivity contribution in [2.45, 2.75) is 70.6 Å². The predicted molar refractivity (Wildman–Crippen MR) is 158 cm³/mol. The summed E-state index contributed by atoms with van der Waals surface area (Å²) in [6.45, 7) is 5.36. The van der Waals surface area contributed by atoms with E-state index in [1.807, 2.05) is 43.0 Å². The van der Waals surface area contributed by atoms with Gasteiger partial charge in [-0.25, -0.2) is 4.79 Å². The molecule has 0 radical (unpaired) electrons. The Labute approximate surface area is 240 Å². The van der Waals surface area contributed by atoms with Gasteiger partial charge in [-0.15, -0.1) is 0 Å². The van der Waals surface area contributed by atoms with E-state index in [1.54, 1.807) is 26.4 Å². The maximum atomic E-state index is 14.2. The second-order valence-corrected chi connectivity index (χ2v) is 11.7. The number of benzene rings is 2. The van der Waals surface area contributed by atoms with Crippen LogP contribution < -0.4 is 9.47 Å². The summed E-state index contributed by atoms with van der Waals surface area (Å²) in [5.41, 5.74) is 5.84. The van der Waals surface area contributed by atoms with E-state index in [2.05, 4.69) is 4.57 Å². The molecule has 8 heteroatoms. The lowest BCUT2D eigenvalue weighted by atomic mass is 9.81. The standard InChI is InChI=1S/C33H38N2O6/c1-19-16-34(17-20(2)41-19)32(36)24-12-23-14-28(39-3)29(40-4)15-26(23)31-30(21-8-6-5-7-9-21)25-11-10-22(33(37)38)13-27(25)35(31)18-24/h10-15,19-21H,5-9,16-18H2,1-4H3,(H,37,38)/t19-,20+. The third kappa shape index (κ3) is 4.88. The number of carbonyl (C=O) groups excluding carboxylic acids is 1. The number of morpholine rings is 1. The Bertz CT molecular complexity index is 1540. The molecule has 3 aliphatic rings. The van der Waals surface area contributed by atoms with E-state index in [1.165, 1.54) is 12.0 Å². The van der Waals surface area contributed by atoms with Gasteiger partial charge in [-0.2, -0.15) is 0 Å². The Morgan fingerprint density at radius 1 is 0.951 bits per heavy atom. The summed E-state index contributed by atoms with van der Waals surface area (Å²) < 4.78 is 19.5. The van der Waals surface area contributed by atoms with Crippen molar-refractivity contribution in [3.05, 3.63) is 52.6 Å². The molecule has 0 unspecified atom stereocenters. The fourth-order valence-electron chi connectivity index (χ4n) is 7.07.